The molecule has 1 heterocycles. The van der Waals surface area contributed by atoms with Crippen molar-refractivity contribution in [1.82, 2.24) is 14.7 Å². The number of hydrogen-bond donors (Lipinski definition) is 2. The van der Waals surface area contributed by atoms with Crippen LogP contribution in [0.3, 0.4) is 0 Å². The number of nitrogens with two attached hydrogens (primary N) is 1. The molecule has 0 spiro atoms. The predicted molar refractivity (Wildman–Crippen MR) is 147 cm³/mol. The summed E-state index contributed by atoms with van der Waals surface area (Å²) in [5, 5.41) is 15.5. The zero-order valence-electron chi connectivity index (χ0n) is 23.9. The first-order valence-corrected chi connectivity index (χ1v) is 12.7. The fourth-order valence-corrected chi connectivity index (χ4v) is 3.69. The summed E-state index contributed by atoms with van der Waals surface area (Å²) in [5.41, 5.74) is 4.78. The number of nitrogen functional groups attached to an aromatic ring is 1. The van der Waals surface area contributed by atoms with Crippen molar-refractivity contribution < 1.29 is 38.0 Å². The molecule has 3 aromatic rings. The Balaban J connectivity index is 1.78. The molecule has 218 valence electrons. The van der Waals surface area contributed by atoms with Gasteiger partial charge in [0, 0.05) is 6.07 Å². The van der Waals surface area contributed by atoms with Gasteiger partial charge in [-0.05, 0) is 71.4 Å². The first kappa shape index (κ1) is 30.5. The van der Waals surface area contributed by atoms with Gasteiger partial charge in [-0.2, -0.15) is 4.68 Å². The second kappa shape index (κ2) is 12.0. The van der Waals surface area contributed by atoms with Crippen molar-refractivity contribution >= 4 is 28.8 Å². The number of halogens is 1. The van der Waals surface area contributed by atoms with Gasteiger partial charge in [-0.3, -0.25) is 0 Å². The Morgan fingerprint density at radius 2 is 1.75 bits per heavy atom. The average molecular weight is 561 g/mol. The third-order valence-corrected chi connectivity index (χ3v) is 5.46. The van der Waals surface area contributed by atoms with E-state index >= 15 is 0 Å². The number of aromatic nitrogens is 2. The van der Waals surface area contributed by atoms with E-state index in [9.17, 15) is 19.1 Å². The van der Waals surface area contributed by atoms with E-state index in [1.807, 2.05) is 0 Å². The van der Waals surface area contributed by atoms with E-state index in [2.05, 4.69) is 5.10 Å². The van der Waals surface area contributed by atoms with Crippen molar-refractivity contribution in [3.8, 4) is 11.6 Å². The number of benzene rings is 2. The van der Waals surface area contributed by atoms with Crippen molar-refractivity contribution in [2.75, 3.05) is 32.5 Å². The molecule has 1 atom stereocenters. The summed E-state index contributed by atoms with van der Waals surface area (Å²) in [7, 11) is 1.45. The molecule has 1 unspecified atom stereocenters. The molecule has 0 saturated carbocycles. The van der Waals surface area contributed by atoms with E-state index in [0.717, 1.165) is 10.7 Å². The summed E-state index contributed by atoms with van der Waals surface area (Å²) in [6.07, 6.45) is -2.49. The van der Waals surface area contributed by atoms with E-state index in [-0.39, 0.29) is 31.3 Å². The summed E-state index contributed by atoms with van der Waals surface area (Å²) in [5.74, 6) is 0.0470. The molecule has 1 amide bonds. The van der Waals surface area contributed by atoms with Crippen LogP contribution in [-0.2, 0) is 9.47 Å². The number of aliphatic hydroxyl groups excluding tert-OH is 1. The largest absolute Gasteiger partial charge is 0.492 e. The van der Waals surface area contributed by atoms with Gasteiger partial charge in [0.25, 0.3) is 0 Å². The van der Waals surface area contributed by atoms with Crippen LogP contribution in [-0.4, -0.2) is 70.0 Å². The Hall–Kier alpha value is -4.06. The lowest BCUT2D eigenvalue weighted by Gasteiger charge is -2.29. The van der Waals surface area contributed by atoms with Gasteiger partial charge in [-0.15, -0.1) is 5.10 Å². The number of carbonyl (C=O) groups is 2. The van der Waals surface area contributed by atoms with Crippen LogP contribution < -0.4 is 15.2 Å². The summed E-state index contributed by atoms with van der Waals surface area (Å²) >= 11 is 0. The first-order chi connectivity index (χ1) is 18.6. The van der Waals surface area contributed by atoms with E-state index in [1.165, 1.54) is 24.1 Å². The molecule has 2 aromatic carbocycles. The fraction of sp³-hybridized carbons (Fsp3) is 0.464. The molecule has 1 aromatic heterocycles. The number of aliphatic hydroxyl groups is 1. The third-order valence-electron chi connectivity index (χ3n) is 5.46. The zero-order chi connectivity index (χ0) is 29.8. The molecule has 0 fully saturated rings. The molecule has 12 heteroatoms. The number of anilines is 1. The number of hydrogen-bond acceptors (Lipinski definition) is 9. The average Bonchev–Trinajstić information content (AvgIpc) is 3.21. The molecule has 0 bridgehead atoms. The van der Waals surface area contributed by atoms with Crippen LogP contribution in [0.4, 0.5) is 19.7 Å². The monoisotopic (exact) mass is 560 g/mol. The lowest BCUT2D eigenvalue weighted by molar-refractivity contribution is 0.0117. The Morgan fingerprint density at radius 1 is 1.07 bits per heavy atom. The van der Waals surface area contributed by atoms with Gasteiger partial charge < -0.3 is 34.7 Å². The van der Waals surface area contributed by atoms with E-state index < -0.39 is 35.3 Å². The molecular formula is C28H37FN4O7. The number of carbonyl (C=O) groups excluding carboxylic acids is 2. The first-order valence-electron chi connectivity index (χ1n) is 12.7. The van der Waals surface area contributed by atoms with Crippen molar-refractivity contribution in [1.29, 1.82) is 0 Å². The van der Waals surface area contributed by atoms with Crippen molar-refractivity contribution in [2.45, 2.75) is 58.8 Å². The highest BCUT2D eigenvalue weighted by Gasteiger charge is 2.26. The van der Waals surface area contributed by atoms with Crippen molar-refractivity contribution in [3.63, 3.8) is 0 Å². The van der Waals surface area contributed by atoms with E-state index in [0.29, 0.717) is 22.2 Å². The second-order valence-corrected chi connectivity index (χ2v) is 11.2. The minimum Gasteiger partial charge on any atom is -0.492 e. The highest BCUT2D eigenvalue weighted by molar-refractivity contribution is 5.92. The van der Waals surface area contributed by atoms with Crippen LogP contribution in [0.2, 0.25) is 0 Å². The Kier molecular flexibility index (Phi) is 9.14. The van der Waals surface area contributed by atoms with Crippen LogP contribution in [0.5, 0.6) is 11.6 Å². The molecule has 0 saturated heterocycles. The Bertz CT molecular complexity index is 1360. The van der Waals surface area contributed by atoms with Crippen LogP contribution >= 0.6 is 0 Å². The lowest BCUT2D eigenvalue weighted by atomic mass is 10.1. The van der Waals surface area contributed by atoms with Gasteiger partial charge in [0.15, 0.2) is 0 Å². The normalized spacial score (nSPS) is 12.6. The number of rotatable bonds is 8. The van der Waals surface area contributed by atoms with Crippen molar-refractivity contribution in [2.24, 2.45) is 0 Å². The number of ether oxygens (including phenoxy) is 4. The summed E-state index contributed by atoms with van der Waals surface area (Å²) in [6, 6.07) is 8.87. The Labute approximate surface area is 232 Å². The van der Waals surface area contributed by atoms with E-state index in [1.54, 1.807) is 59.7 Å². The highest BCUT2D eigenvalue weighted by Crippen LogP contribution is 2.29. The maximum Gasteiger partial charge on any atom is 0.435 e. The van der Waals surface area contributed by atoms with Crippen LogP contribution in [0, 0.1) is 5.82 Å². The molecular weight excluding hydrogens is 523 g/mol. The van der Waals surface area contributed by atoms with Gasteiger partial charge in [-0.1, -0.05) is 6.07 Å². The van der Waals surface area contributed by atoms with E-state index in [4.69, 9.17) is 24.7 Å². The Morgan fingerprint density at radius 3 is 2.35 bits per heavy atom. The maximum absolute atomic E-state index is 13.6. The summed E-state index contributed by atoms with van der Waals surface area (Å²) in [6.45, 7) is 10.4. The molecule has 3 N–H and O–H groups in total. The molecule has 0 aliphatic heterocycles. The number of amides is 1. The summed E-state index contributed by atoms with van der Waals surface area (Å²) in [4.78, 5) is 26.9. The number of methoxy groups -OCH3 is 1. The molecule has 40 heavy (non-hydrogen) atoms. The molecule has 0 radical (unpaired) electrons. The lowest BCUT2D eigenvalue weighted by Crippen LogP contribution is -2.41. The third kappa shape index (κ3) is 7.98. The maximum atomic E-state index is 13.6. The SMILES string of the molecule is COc1nn(C(=O)OC(C)(C)C)c2cc(OCCN(CC(O)c3ccc(F)c(N)c3)C(=O)OC(C)(C)C)ccc12. The van der Waals surface area contributed by atoms with Gasteiger partial charge in [0.1, 0.15) is 29.4 Å². The van der Waals surface area contributed by atoms with Gasteiger partial charge >= 0.3 is 12.2 Å². The number of nitrogens with zero attached hydrogens (tertiary/aromatic N) is 3. The van der Waals surface area contributed by atoms with Crippen LogP contribution in [0.1, 0.15) is 53.2 Å². The smallest absolute Gasteiger partial charge is 0.435 e. The molecule has 0 aliphatic rings. The van der Waals surface area contributed by atoms with Crippen LogP contribution in [0.15, 0.2) is 36.4 Å². The predicted octanol–water partition coefficient (Wildman–Crippen LogP) is 4.90. The van der Waals surface area contributed by atoms with Gasteiger partial charge in [0.2, 0.25) is 5.88 Å². The minimum absolute atomic E-state index is 0.0285. The van der Waals surface area contributed by atoms with Crippen LogP contribution in [0.25, 0.3) is 10.9 Å². The molecule has 3 rings (SSSR count). The standard InChI is InChI=1S/C28H37FN4O7/c1-27(2,3)39-25(35)32(16-23(34)17-8-11-20(29)21(30)14-17)12-13-38-18-9-10-19-22(15-18)33(31-24(19)37-7)26(36)40-28(4,5)6/h8-11,14-15,23,34H,12-13,16,30H2,1-7H3. The van der Waals surface area contributed by atoms with Gasteiger partial charge in [-0.25, -0.2) is 14.0 Å². The second-order valence-electron chi connectivity index (χ2n) is 11.2. The molecule has 11 nitrogen and oxygen atoms in total. The van der Waals surface area contributed by atoms with Gasteiger partial charge in [0.05, 0.1) is 42.9 Å². The zero-order valence-corrected chi connectivity index (χ0v) is 23.9. The topological polar surface area (TPSA) is 138 Å². The quantitative estimate of drug-likeness (QED) is 0.368. The number of fused-ring (bicyclic) bond motifs is 1. The van der Waals surface area contributed by atoms with Crippen molar-refractivity contribution in [3.05, 3.63) is 47.8 Å². The molecule has 0 aliphatic carbocycles. The summed E-state index contributed by atoms with van der Waals surface area (Å²) < 4.78 is 36.8. The fourth-order valence-electron chi connectivity index (χ4n) is 3.69. The highest BCUT2D eigenvalue weighted by atomic mass is 19.1. The minimum atomic E-state index is -1.15.